The fourth-order valence-electron chi connectivity index (χ4n) is 3.28. The highest BCUT2D eigenvalue weighted by Crippen LogP contribution is 2.56. The van der Waals surface area contributed by atoms with Gasteiger partial charge in [-0.3, -0.25) is 0 Å². The minimum atomic E-state index is 0.236. The molecule has 1 aliphatic carbocycles. The maximum Gasteiger partial charge on any atom is 0.319 e. The molecule has 1 aliphatic rings. The van der Waals surface area contributed by atoms with Gasteiger partial charge in [0, 0.05) is 6.20 Å². The molecular formula is C20H19ClN4O2. The van der Waals surface area contributed by atoms with Crippen LogP contribution in [0.5, 0.6) is 11.9 Å². The monoisotopic (exact) mass is 382 g/mol. The standard InChI is InChI=1S/C20H19ClN4O2/c1-11-4-6-12(7-5-11)13-8-14(13)15-9-17(24-25-18(15)21)16-10-22-20(27-3)23-19(16)26-2/h4-7,9-10,13-14H,8H2,1-3H3. The van der Waals surface area contributed by atoms with E-state index >= 15 is 0 Å². The second kappa shape index (κ2) is 7.12. The van der Waals surface area contributed by atoms with Crippen LogP contribution in [0.15, 0.2) is 36.5 Å². The predicted octanol–water partition coefficient (Wildman–Crippen LogP) is 4.18. The van der Waals surface area contributed by atoms with Crippen molar-refractivity contribution in [1.82, 2.24) is 20.2 Å². The quantitative estimate of drug-likeness (QED) is 0.659. The van der Waals surface area contributed by atoms with Gasteiger partial charge in [-0.15, -0.1) is 10.2 Å². The molecule has 6 nitrogen and oxygen atoms in total. The summed E-state index contributed by atoms with van der Waals surface area (Å²) in [5.74, 6) is 1.17. The van der Waals surface area contributed by atoms with Gasteiger partial charge < -0.3 is 9.47 Å². The van der Waals surface area contributed by atoms with Crippen LogP contribution >= 0.6 is 11.6 Å². The van der Waals surface area contributed by atoms with E-state index in [-0.39, 0.29) is 6.01 Å². The van der Waals surface area contributed by atoms with Crippen molar-refractivity contribution < 1.29 is 9.47 Å². The number of aromatic nitrogens is 4. The third-order valence-corrected chi connectivity index (χ3v) is 5.15. The fraction of sp³-hybridized carbons (Fsp3) is 0.300. The topological polar surface area (TPSA) is 70.0 Å². The molecule has 1 saturated carbocycles. The zero-order chi connectivity index (χ0) is 19.0. The van der Waals surface area contributed by atoms with Crippen LogP contribution in [0.25, 0.3) is 11.3 Å². The Hall–Kier alpha value is -2.73. The number of nitrogens with zero attached hydrogens (tertiary/aromatic N) is 4. The highest BCUT2D eigenvalue weighted by Gasteiger charge is 2.41. The summed E-state index contributed by atoms with van der Waals surface area (Å²) >= 11 is 6.36. The molecule has 27 heavy (non-hydrogen) atoms. The fourth-order valence-corrected chi connectivity index (χ4v) is 3.52. The lowest BCUT2D eigenvalue weighted by molar-refractivity contribution is 0.353. The number of halogens is 1. The summed E-state index contributed by atoms with van der Waals surface area (Å²) in [6.07, 6.45) is 2.67. The van der Waals surface area contributed by atoms with Crippen LogP contribution in [0, 0.1) is 6.92 Å². The van der Waals surface area contributed by atoms with Crippen LogP contribution < -0.4 is 9.47 Å². The minimum absolute atomic E-state index is 0.236. The van der Waals surface area contributed by atoms with Gasteiger partial charge in [0.15, 0.2) is 5.15 Å². The Morgan fingerprint density at radius 3 is 2.52 bits per heavy atom. The average Bonchev–Trinajstić information content (AvgIpc) is 3.49. The van der Waals surface area contributed by atoms with Crippen molar-refractivity contribution in [3.8, 4) is 23.1 Å². The van der Waals surface area contributed by atoms with Crippen LogP contribution in [0.2, 0.25) is 5.15 Å². The number of aryl methyl sites for hydroxylation is 1. The highest BCUT2D eigenvalue weighted by atomic mass is 35.5. The third-order valence-electron chi connectivity index (χ3n) is 4.85. The van der Waals surface area contributed by atoms with E-state index < -0.39 is 0 Å². The van der Waals surface area contributed by atoms with Crippen molar-refractivity contribution in [3.05, 3.63) is 58.4 Å². The Morgan fingerprint density at radius 1 is 1.04 bits per heavy atom. The first-order valence-corrected chi connectivity index (χ1v) is 9.03. The van der Waals surface area contributed by atoms with Gasteiger partial charge in [-0.25, -0.2) is 4.98 Å². The number of methoxy groups -OCH3 is 2. The van der Waals surface area contributed by atoms with Gasteiger partial charge in [0.2, 0.25) is 5.88 Å². The molecule has 0 radical (unpaired) electrons. The molecular weight excluding hydrogens is 364 g/mol. The summed E-state index contributed by atoms with van der Waals surface area (Å²) in [6, 6.07) is 10.8. The van der Waals surface area contributed by atoms with Gasteiger partial charge in [-0.1, -0.05) is 41.4 Å². The Morgan fingerprint density at radius 2 is 1.81 bits per heavy atom. The summed E-state index contributed by atoms with van der Waals surface area (Å²) < 4.78 is 10.4. The largest absolute Gasteiger partial charge is 0.480 e. The number of rotatable bonds is 5. The van der Waals surface area contributed by atoms with E-state index in [9.17, 15) is 0 Å². The van der Waals surface area contributed by atoms with E-state index in [0.29, 0.717) is 34.1 Å². The Labute approximate surface area is 162 Å². The normalized spacial score (nSPS) is 18.2. The third kappa shape index (κ3) is 3.45. The predicted molar refractivity (Wildman–Crippen MR) is 102 cm³/mol. The average molecular weight is 383 g/mol. The van der Waals surface area contributed by atoms with E-state index in [1.807, 2.05) is 6.07 Å². The van der Waals surface area contributed by atoms with Crippen molar-refractivity contribution in [1.29, 1.82) is 0 Å². The first kappa shape index (κ1) is 17.7. The Balaban J connectivity index is 1.66. The molecule has 0 amide bonds. The lowest BCUT2D eigenvalue weighted by Crippen LogP contribution is -2.00. The van der Waals surface area contributed by atoms with Crippen LogP contribution in [-0.2, 0) is 0 Å². The first-order valence-electron chi connectivity index (χ1n) is 8.65. The molecule has 1 aromatic carbocycles. The SMILES string of the molecule is COc1ncc(-c2cc(C3CC3c3ccc(C)cc3)c(Cl)nn2)c(OC)n1. The summed E-state index contributed by atoms with van der Waals surface area (Å²) in [5.41, 5.74) is 4.85. The van der Waals surface area contributed by atoms with Gasteiger partial charge in [-0.2, -0.15) is 4.98 Å². The summed E-state index contributed by atoms with van der Waals surface area (Å²) in [4.78, 5) is 8.36. The van der Waals surface area contributed by atoms with Crippen LogP contribution in [-0.4, -0.2) is 34.4 Å². The van der Waals surface area contributed by atoms with E-state index in [2.05, 4.69) is 51.4 Å². The molecule has 3 aromatic rings. The molecule has 0 N–H and O–H groups in total. The lowest BCUT2D eigenvalue weighted by Gasteiger charge is -2.09. The van der Waals surface area contributed by atoms with Gasteiger partial charge in [0.25, 0.3) is 0 Å². The van der Waals surface area contributed by atoms with Gasteiger partial charge >= 0.3 is 6.01 Å². The van der Waals surface area contributed by atoms with Gasteiger partial charge in [-0.05, 0) is 42.4 Å². The zero-order valence-electron chi connectivity index (χ0n) is 15.3. The van der Waals surface area contributed by atoms with E-state index in [4.69, 9.17) is 21.1 Å². The molecule has 2 aromatic heterocycles. The molecule has 2 unspecified atom stereocenters. The highest BCUT2D eigenvalue weighted by molar-refractivity contribution is 6.30. The number of hydrogen-bond donors (Lipinski definition) is 0. The second-order valence-electron chi connectivity index (χ2n) is 6.61. The van der Waals surface area contributed by atoms with Crippen LogP contribution in [0.3, 0.4) is 0 Å². The lowest BCUT2D eigenvalue weighted by atomic mass is 10.0. The van der Waals surface area contributed by atoms with Gasteiger partial charge in [0.05, 0.1) is 19.8 Å². The number of hydrogen-bond acceptors (Lipinski definition) is 6. The summed E-state index contributed by atoms with van der Waals surface area (Å²) in [7, 11) is 3.05. The molecule has 0 saturated heterocycles. The zero-order valence-corrected chi connectivity index (χ0v) is 16.1. The first-order chi connectivity index (χ1) is 13.1. The molecule has 4 rings (SSSR count). The molecule has 0 aliphatic heterocycles. The van der Waals surface area contributed by atoms with Gasteiger partial charge in [0.1, 0.15) is 5.69 Å². The molecule has 0 spiro atoms. The summed E-state index contributed by atoms with van der Waals surface area (Å²) in [5, 5.41) is 8.80. The molecule has 1 fully saturated rings. The van der Waals surface area contributed by atoms with Crippen molar-refractivity contribution >= 4 is 11.6 Å². The Bertz CT molecular complexity index is 978. The van der Waals surface area contributed by atoms with Crippen molar-refractivity contribution in [2.24, 2.45) is 0 Å². The van der Waals surface area contributed by atoms with E-state index in [1.54, 1.807) is 13.3 Å². The molecule has 2 heterocycles. The van der Waals surface area contributed by atoms with Crippen LogP contribution in [0.4, 0.5) is 0 Å². The van der Waals surface area contributed by atoms with Crippen molar-refractivity contribution in [2.45, 2.75) is 25.2 Å². The summed E-state index contributed by atoms with van der Waals surface area (Å²) in [6.45, 7) is 2.09. The molecule has 138 valence electrons. The maximum absolute atomic E-state index is 6.36. The Kier molecular flexibility index (Phi) is 4.66. The van der Waals surface area contributed by atoms with Crippen molar-refractivity contribution in [3.63, 3.8) is 0 Å². The maximum atomic E-state index is 6.36. The van der Waals surface area contributed by atoms with Crippen molar-refractivity contribution in [2.75, 3.05) is 14.2 Å². The smallest absolute Gasteiger partial charge is 0.319 e. The molecule has 7 heteroatoms. The van der Waals surface area contributed by atoms with E-state index in [0.717, 1.165) is 12.0 Å². The second-order valence-corrected chi connectivity index (χ2v) is 6.97. The molecule has 0 bridgehead atoms. The molecule has 2 atom stereocenters. The number of ether oxygens (including phenoxy) is 2. The van der Waals surface area contributed by atoms with E-state index in [1.165, 1.54) is 18.2 Å². The number of benzene rings is 1. The minimum Gasteiger partial charge on any atom is -0.480 e. The van der Waals surface area contributed by atoms with Crippen LogP contribution in [0.1, 0.15) is 34.9 Å².